The number of cyclic esters (lactones) is 1. The molecule has 4 heterocycles. The number of ether oxygens (including phenoxy) is 3. The van der Waals surface area contributed by atoms with Crippen molar-refractivity contribution < 1.29 is 43.2 Å². The molecule has 35 heavy (non-hydrogen) atoms. The van der Waals surface area contributed by atoms with Gasteiger partial charge in [-0.15, -0.1) is 0 Å². The van der Waals surface area contributed by atoms with E-state index in [2.05, 4.69) is 0 Å². The van der Waals surface area contributed by atoms with Crippen molar-refractivity contribution in [3.8, 4) is 0 Å². The van der Waals surface area contributed by atoms with Gasteiger partial charge in [0.25, 0.3) is 0 Å². The summed E-state index contributed by atoms with van der Waals surface area (Å²) in [6, 6.07) is 1.76. The normalized spacial score (nSPS) is 48.1. The third-order valence-electron chi connectivity index (χ3n) is 10.5. The van der Waals surface area contributed by atoms with Crippen LogP contribution in [-0.4, -0.2) is 58.0 Å². The topological polar surface area (TPSA) is 136 Å². The van der Waals surface area contributed by atoms with E-state index in [9.17, 15) is 24.6 Å². The van der Waals surface area contributed by atoms with Crippen molar-refractivity contribution in [2.75, 3.05) is 6.61 Å². The van der Waals surface area contributed by atoms with Crippen LogP contribution in [0.4, 0.5) is 0 Å². The van der Waals surface area contributed by atoms with Crippen molar-refractivity contribution in [1.82, 2.24) is 0 Å². The van der Waals surface area contributed by atoms with Gasteiger partial charge in [-0.2, -0.15) is 0 Å². The third kappa shape index (κ3) is 2.47. The Kier molecular flexibility index (Phi) is 4.47. The third-order valence-corrected chi connectivity index (χ3v) is 10.5. The molecule has 5 fully saturated rings. The van der Waals surface area contributed by atoms with Gasteiger partial charge in [0.1, 0.15) is 17.5 Å². The lowest BCUT2D eigenvalue weighted by molar-refractivity contribution is -0.221. The summed E-state index contributed by atoms with van der Waals surface area (Å²) < 4.78 is 23.6. The first kappa shape index (κ1) is 23.2. The summed E-state index contributed by atoms with van der Waals surface area (Å²) in [6.07, 6.45) is 1.13. The van der Waals surface area contributed by atoms with Gasteiger partial charge in [-0.3, -0.25) is 9.59 Å². The lowest BCUT2D eigenvalue weighted by Crippen LogP contribution is -2.72. The molecule has 3 aliphatic heterocycles. The molecule has 0 unspecified atom stereocenters. The minimum Gasteiger partial charge on any atom is -0.481 e. The van der Waals surface area contributed by atoms with Gasteiger partial charge in [0.15, 0.2) is 6.10 Å². The molecule has 0 amide bonds. The van der Waals surface area contributed by atoms with Crippen molar-refractivity contribution in [2.45, 2.75) is 82.9 Å². The molecule has 0 aromatic carbocycles. The van der Waals surface area contributed by atoms with Gasteiger partial charge in [0, 0.05) is 28.7 Å². The number of ketones is 1. The fourth-order valence-electron chi connectivity index (χ4n) is 8.92. The summed E-state index contributed by atoms with van der Waals surface area (Å²) in [5.74, 6) is -2.42. The zero-order valence-corrected chi connectivity index (χ0v) is 20.4. The number of carbonyl (C=O) groups is 3. The number of hydrogen-bond acceptors (Lipinski definition) is 8. The van der Waals surface area contributed by atoms with E-state index in [1.165, 1.54) is 6.26 Å². The SMILES string of the molecule is CC1(C)OC[C@@]2([C@H](O)CC(=O)O)[C@@H]1CC(=O)[C@]1(C)[C@@H]2CC[C@]2(C)[C@H](c3ccoc3)OC(=O)[C@H]3O[C@]321. The average molecular weight is 489 g/mol. The number of carboxylic acids is 1. The molecule has 1 aromatic rings. The van der Waals surface area contributed by atoms with E-state index in [-0.39, 0.29) is 24.7 Å². The van der Waals surface area contributed by atoms with E-state index < -0.39 is 70.0 Å². The van der Waals surface area contributed by atoms with Crippen LogP contribution in [0.15, 0.2) is 23.0 Å². The summed E-state index contributed by atoms with van der Waals surface area (Å²) in [4.78, 5) is 39.0. The van der Waals surface area contributed by atoms with Crippen LogP contribution < -0.4 is 0 Å². The number of aliphatic hydroxyl groups excluding tert-OH is 1. The Balaban J connectivity index is 1.52. The Morgan fingerprint density at radius 3 is 2.57 bits per heavy atom. The number of carboxylic acid groups (broad SMARTS) is 1. The number of aliphatic carboxylic acids is 1. The summed E-state index contributed by atoms with van der Waals surface area (Å²) >= 11 is 0. The second kappa shape index (κ2) is 6.75. The van der Waals surface area contributed by atoms with Crippen molar-refractivity contribution in [3.05, 3.63) is 24.2 Å². The smallest absolute Gasteiger partial charge is 0.339 e. The quantitative estimate of drug-likeness (QED) is 0.484. The summed E-state index contributed by atoms with van der Waals surface area (Å²) in [6.45, 7) is 7.82. The fraction of sp³-hybridized carbons (Fsp3) is 0.731. The number of fused-ring (bicyclic) bond motifs is 3. The van der Waals surface area contributed by atoms with Gasteiger partial charge in [-0.05, 0) is 45.6 Å². The van der Waals surface area contributed by atoms with E-state index in [4.69, 9.17) is 18.6 Å². The first-order chi connectivity index (χ1) is 16.4. The predicted molar refractivity (Wildman–Crippen MR) is 118 cm³/mol. The van der Waals surface area contributed by atoms with Crippen LogP contribution in [-0.2, 0) is 28.6 Å². The molecule has 2 N–H and O–H groups in total. The number of aliphatic hydroxyl groups is 1. The minimum absolute atomic E-state index is 0.0294. The van der Waals surface area contributed by atoms with E-state index in [1.54, 1.807) is 12.3 Å². The molecule has 1 aromatic heterocycles. The molecular formula is C26H32O9. The minimum atomic E-state index is -1.21. The maximum absolute atomic E-state index is 14.2. The molecule has 6 rings (SSSR count). The molecule has 3 saturated heterocycles. The maximum atomic E-state index is 14.2. The molecule has 2 saturated carbocycles. The van der Waals surface area contributed by atoms with Gasteiger partial charge in [0.2, 0.25) is 0 Å². The lowest BCUT2D eigenvalue weighted by atomic mass is 9.37. The molecule has 0 radical (unpaired) electrons. The van der Waals surface area contributed by atoms with E-state index in [0.717, 1.165) is 0 Å². The van der Waals surface area contributed by atoms with Crippen molar-refractivity contribution >= 4 is 17.7 Å². The van der Waals surface area contributed by atoms with Crippen LogP contribution >= 0.6 is 0 Å². The largest absolute Gasteiger partial charge is 0.481 e. The van der Waals surface area contributed by atoms with Crippen LogP contribution in [0.3, 0.4) is 0 Å². The van der Waals surface area contributed by atoms with Crippen LogP contribution in [0.25, 0.3) is 0 Å². The first-order valence-electron chi connectivity index (χ1n) is 12.3. The number of Topliss-reactive ketones (excluding diaryl/α,β-unsaturated/α-hetero) is 1. The van der Waals surface area contributed by atoms with Crippen LogP contribution in [0, 0.1) is 28.1 Å². The zero-order valence-electron chi connectivity index (χ0n) is 20.4. The zero-order chi connectivity index (χ0) is 25.2. The molecule has 9 nitrogen and oxygen atoms in total. The predicted octanol–water partition coefficient (Wildman–Crippen LogP) is 2.66. The average Bonchev–Trinajstić information content (AvgIpc) is 3.23. The van der Waals surface area contributed by atoms with Crippen molar-refractivity contribution in [2.24, 2.45) is 28.1 Å². The number of epoxide rings is 1. The van der Waals surface area contributed by atoms with Gasteiger partial charge >= 0.3 is 11.9 Å². The second-order valence-electron chi connectivity index (χ2n) is 12.1. The van der Waals surface area contributed by atoms with Crippen LogP contribution in [0.5, 0.6) is 0 Å². The standard InChI is InChI=1S/C26H32O9/c1-22(2)15-9-16(27)24(4)14(25(15,12-33-22)17(28)10-18(29)30)5-7-23(3)19(13-6-8-32-11-13)34-21(31)20-26(23,24)35-20/h6,8,11,14-15,17,19-20,28H,5,7,9-10,12H2,1-4H3,(H,29,30)/t14-,15+,17+,19-,20+,23+,24-,25-,26+/m0/s1. The van der Waals surface area contributed by atoms with E-state index >= 15 is 0 Å². The first-order valence-corrected chi connectivity index (χ1v) is 12.3. The van der Waals surface area contributed by atoms with Crippen LogP contribution in [0.2, 0.25) is 0 Å². The maximum Gasteiger partial charge on any atom is 0.339 e. The monoisotopic (exact) mass is 488 g/mol. The molecule has 5 aliphatic rings. The Morgan fingerprint density at radius 2 is 1.91 bits per heavy atom. The van der Waals surface area contributed by atoms with E-state index in [0.29, 0.717) is 18.4 Å². The summed E-state index contributed by atoms with van der Waals surface area (Å²) in [5.41, 5.74) is -3.91. The Hall–Kier alpha value is -2.23. The second-order valence-corrected chi connectivity index (χ2v) is 12.1. The highest BCUT2D eigenvalue weighted by Gasteiger charge is 2.89. The Labute approximate surface area is 203 Å². The highest BCUT2D eigenvalue weighted by Crippen LogP contribution is 2.79. The summed E-state index contributed by atoms with van der Waals surface area (Å²) in [5, 5.41) is 21.0. The van der Waals surface area contributed by atoms with Gasteiger partial charge in [0.05, 0.1) is 42.7 Å². The van der Waals surface area contributed by atoms with Crippen LogP contribution in [0.1, 0.15) is 65.0 Å². The number of esters is 1. The van der Waals surface area contributed by atoms with Gasteiger partial charge in [-0.1, -0.05) is 6.92 Å². The molecule has 0 bridgehead atoms. The van der Waals surface area contributed by atoms with Gasteiger partial charge in [-0.25, -0.2) is 4.79 Å². The number of rotatable bonds is 4. The van der Waals surface area contributed by atoms with E-state index in [1.807, 2.05) is 27.7 Å². The molecule has 9 atom stereocenters. The number of carbonyl (C=O) groups excluding carboxylic acids is 2. The number of furan rings is 1. The lowest BCUT2D eigenvalue weighted by Gasteiger charge is -2.64. The molecule has 9 heteroatoms. The van der Waals surface area contributed by atoms with Gasteiger partial charge < -0.3 is 28.8 Å². The van der Waals surface area contributed by atoms with Crippen molar-refractivity contribution in [3.63, 3.8) is 0 Å². The Bertz CT molecular complexity index is 1110. The Morgan fingerprint density at radius 1 is 1.17 bits per heavy atom. The molecule has 190 valence electrons. The molecule has 2 aliphatic carbocycles. The summed E-state index contributed by atoms with van der Waals surface area (Å²) in [7, 11) is 0. The van der Waals surface area contributed by atoms with Crippen molar-refractivity contribution in [1.29, 1.82) is 0 Å². The molecular weight excluding hydrogens is 456 g/mol. The fourth-order valence-corrected chi connectivity index (χ4v) is 8.92. The highest BCUT2D eigenvalue weighted by atomic mass is 16.7. The highest BCUT2D eigenvalue weighted by molar-refractivity contribution is 5.93. The number of hydrogen-bond donors (Lipinski definition) is 2. The molecule has 1 spiro atoms.